The van der Waals surface area contributed by atoms with Gasteiger partial charge < -0.3 is 5.73 Å². The predicted octanol–water partition coefficient (Wildman–Crippen LogP) is 4.39. The summed E-state index contributed by atoms with van der Waals surface area (Å²) in [7, 11) is 0. The molecule has 0 radical (unpaired) electrons. The van der Waals surface area contributed by atoms with E-state index < -0.39 is 5.24 Å². The smallest absolute Gasteiger partial charge is 0.252 e. The van der Waals surface area contributed by atoms with Crippen LogP contribution >= 0.6 is 34.8 Å². The van der Waals surface area contributed by atoms with E-state index in [9.17, 15) is 4.79 Å². The molecule has 0 aliphatic carbocycles. The monoisotopic (exact) mass is 340 g/mol. The maximum atomic E-state index is 10.6. The second kappa shape index (κ2) is 8.66. The zero-order valence-electron chi connectivity index (χ0n) is 10.8. The topological polar surface area (TPSA) is 66.9 Å². The van der Waals surface area contributed by atoms with Gasteiger partial charge >= 0.3 is 0 Å². The van der Waals surface area contributed by atoms with E-state index in [0.29, 0.717) is 27.7 Å². The maximum Gasteiger partial charge on any atom is 0.252 e. The van der Waals surface area contributed by atoms with Gasteiger partial charge in [-0.1, -0.05) is 41.4 Å². The third kappa shape index (κ3) is 5.74. The molecule has 0 fully saturated rings. The Kier molecular flexibility index (Phi) is 7.21. The van der Waals surface area contributed by atoms with Crippen LogP contribution < -0.4 is 5.73 Å². The molecule has 2 aromatic carbocycles. The lowest BCUT2D eigenvalue weighted by molar-refractivity contribution is 0.108. The number of hydrogen-bond donors (Lipinski definition) is 1. The van der Waals surface area contributed by atoms with Crippen molar-refractivity contribution in [2.24, 2.45) is 5.73 Å². The zero-order valence-corrected chi connectivity index (χ0v) is 13.1. The van der Waals surface area contributed by atoms with E-state index in [1.54, 1.807) is 30.3 Å². The second-order valence-electron chi connectivity index (χ2n) is 3.92. The minimum Gasteiger partial charge on any atom is -0.326 e. The first-order valence-corrected chi connectivity index (χ1v) is 6.95. The Morgan fingerprint density at radius 1 is 1.14 bits per heavy atom. The van der Waals surface area contributed by atoms with Crippen molar-refractivity contribution in [3.8, 4) is 6.07 Å². The van der Waals surface area contributed by atoms with Crippen LogP contribution in [-0.2, 0) is 6.54 Å². The van der Waals surface area contributed by atoms with E-state index in [4.69, 9.17) is 45.8 Å². The Morgan fingerprint density at radius 2 is 1.86 bits per heavy atom. The minimum absolute atomic E-state index is 0.353. The van der Waals surface area contributed by atoms with Gasteiger partial charge in [0.1, 0.15) is 0 Å². The number of benzene rings is 2. The molecule has 0 bridgehead atoms. The van der Waals surface area contributed by atoms with Crippen molar-refractivity contribution in [1.29, 1.82) is 5.26 Å². The van der Waals surface area contributed by atoms with Crippen LogP contribution in [0.25, 0.3) is 0 Å². The highest BCUT2D eigenvalue weighted by Crippen LogP contribution is 2.22. The number of halogens is 3. The molecule has 2 N–H and O–H groups in total. The van der Waals surface area contributed by atoms with Crippen molar-refractivity contribution in [1.82, 2.24) is 0 Å². The Bertz CT molecular complexity index is 681. The van der Waals surface area contributed by atoms with Gasteiger partial charge in [-0.3, -0.25) is 4.79 Å². The summed E-state index contributed by atoms with van der Waals surface area (Å²) in [5.74, 6) is 0. The fourth-order valence-corrected chi connectivity index (χ4v) is 1.82. The molecule has 0 saturated carbocycles. The molecule has 0 unspecified atom stereocenters. The number of nitrogens with two attached hydrogens (primary N) is 1. The fraction of sp³-hybridized carbons (Fsp3) is 0.0667. The Balaban J connectivity index is 0.000000211. The first-order valence-electron chi connectivity index (χ1n) is 5.82. The molecular formula is C15H11Cl3N2O. The van der Waals surface area contributed by atoms with Crippen LogP contribution in [0.5, 0.6) is 0 Å². The predicted molar refractivity (Wildman–Crippen MR) is 85.7 cm³/mol. The minimum atomic E-state index is -0.540. The van der Waals surface area contributed by atoms with Crippen LogP contribution in [0.3, 0.4) is 0 Å². The second-order valence-corrected chi connectivity index (χ2v) is 5.08. The van der Waals surface area contributed by atoms with E-state index in [0.717, 1.165) is 5.56 Å². The van der Waals surface area contributed by atoms with Gasteiger partial charge in [-0.05, 0) is 41.4 Å². The molecular weight excluding hydrogens is 331 g/mol. The van der Waals surface area contributed by atoms with Gasteiger partial charge in [0.2, 0.25) is 0 Å². The van der Waals surface area contributed by atoms with Gasteiger partial charge in [-0.15, -0.1) is 0 Å². The first-order chi connectivity index (χ1) is 9.97. The highest BCUT2D eigenvalue weighted by Gasteiger charge is 2.00. The van der Waals surface area contributed by atoms with E-state index in [1.807, 2.05) is 12.1 Å². The third-order valence-corrected chi connectivity index (χ3v) is 3.40. The maximum absolute atomic E-state index is 10.6. The molecule has 0 amide bonds. The third-order valence-electron chi connectivity index (χ3n) is 2.44. The van der Waals surface area contributed by atoms with E-state index in [-0.39, 0.29) is 0 Å². The van der Waals surface area contributed by atoms with Crippen molar-refractivity contribution in [2.75, 3.05) is 0 Å². The van der Waals surface area contributed by atoms with Crippen LogP contribution in [-0.4, -0.2) is 5.24 Å². The Labute approximate surface area is 137 Å². The Morgan fingerprint density at radius 3 is 2.38 bits per heavy atom. The summed E-state index contributed by atoms with van der Waals surface area (Å²) in [5.41, 5.74) is 7.16. The molecule has 3 nitrogen and oxygen atoms in total. The van der Waals surface area contributed by atoms with E-state index in [1.165, 1.54) is 6.07 Å². The van der Waals surface area contributed by atoms with Crippen molar-refractivity contribution in [3.05, 3.63) is 69.2 Å². The zero-order chi connectivity index (χ0) is 15.8. The molecule has 2 aromatic rings. The van der Waals surface area contributed by atoms with Crippen LogP contribution in [0, 0.1) is 11.3 Å². The van der Waals surface area contributed by atoms with Crippen LogP contribution in [0.2, 0.25) is 10.0 Å². The summed E-state index contributed by atoms with van der Waals surface area (Å²) in [6.07, 6.45) is 0. The molecule has 0 aromatic heterocycles. The molecule has 2 rings (SSSR count). The van der Waals surface area contributed by atoms with Gasteiger partial charge in [-0.2, -0.15) is 5.26 Å². The van der Waals surface area contributed by atoms with E-state index >= 15 is 0 Å². The van der Waals surface area contributed by atoms with Crippen molar-refractivity contribution >= 4 is 40.0 Å². The molecule has 0 heterocycles. The van der Waals surface area contributed by atoms with Gasteiger partial charge in [-0.25, -0.2) is 0 Å². The number of carbonyl (C=O) groups is 1. The van der Waals surface area contributed by atoms with Crippen molar-refractivity contribution in [3.63, 3.8) is 0 Å². The van der Waals surface area contributed by atoms with Gasteiger partial charge in [0.25, 0.3) is 5.24 Å². The lowest BCUT2D eigenvalue weighted by Crippen LogP contribution is -1.95. The average molecular weight is 342 g/mol. The lowest BCUT2D eigenvalue weighted by atomic mass is 10.1. The number of hydrogen-bond acceptors (Lipinski definition) is 3. The summed E-state index contributed by atoms with van der Waals surface area (Å²) >= 11 is 16.6. The average Bonchev–Trinajstić information content (AvgIpc) is 2.50. The Hall–Kier alpha value is -1.57. The highest BCUT2D eigenvalue weighted by molar-refractivity contribution is 6.67. The highest BCUT2D eigenvalue weighted by atomic mass is 35.5. The van der Waals surface area contributed by atoms with Crippen LogP contribution in [0.1, 0.15) is 21.5 Å². The van der Waals surface area contributed by atoms with Gasteiger partial charge in [0, 0.05) is 12.1 Å². The summed E-state index contributed by atoms with van der Waals surface area (Å²) < 4.78 is 0. The number of carbonyl (C=O) groups excluding carboxylic acids is 1. The van der Waals surface area contributed by atoms with Crippen molar-refractivity contribution in [2.45, 2.75) is 6.54 Å². The molecule has 108 valence electrons. The van der Waals surface area contributed by atoms with Gasteiger partial charge in [0.15, 0.2) is 0 Å². The van der Waals surface area contributed by atoms with E-state index in [2.05, 4.69) is 0 Å². The summed E-state index contributed by atoms with van der Waals surface area (Å²) in [6, 6.07) is 13.5. The van der Waals surface area contributed by atoms with Crippen LogP contribution in [0.15, 0.2) is 42.5 Å². The largest absolute Gasteiger partial charge is 0.326 e. The summed E-state index contributed by atoms with van der Waals surface area (Å²) in [4.78, 5) is 10.6. The molecule has 6 heteroatoms. The standard InChI is InChI=1S/C8H4ClNO.C7H7Cl2N/c9-8(11)7-3-1-2-6(4-7)5-10;8-6-2-1-5(4-10)3-7(6)9/h1-4H;1-3H,4,10H2. The summed E-state index contributed by atoms with van der Waals surface area (Å²) in [6.45, 7) is 0.497. The molecule has 0 aliphatic heterocycles. The van der Waals surface area contributed by atoms with Crippen LogP contribution in [0.4, 0.5) is 0 Å². The number of nitriles is 1. The first kappa shape index (κ1) is 17.5. The molecule has 0 saturated heterocycles. The lowest BCUT2D eigenvalue weighted by Gasteiger charge is -1.97. The summed E-state index contributed by atoms with van der Waals surface area (Å²) in [5, 5.41) is 9.03. The SMILES string of the molecule is N#Cc1cccc(C(=O)Cl)c1.NCc1ccc(Cl)c(Cl)c1. The molecule has 0 atom stereocenters. The fourth-order valence-electron chi connectivity index (χ4n) is 1.38. The number of rotatable bonds is 2. The normalized spacial score (nSPS) is 9.29. The molecule has 0 aliphatic rings. The van der Waals surface area contributed by atoms with Gasteiger partial charge in [0.05, 0.1) is 21.7 Å². The van der Waals surface area contributed by atoms with Crippen molar-refractivity contribution < 1.29 is 4.79 Å². The number of nitrogens with zero attached hydrogens (tertiary/aromatic N) is 1. The molecule has 0 spiro atoms. The quantitative estimate of drug-likeness (QED) is 0.824. The molecule has 21 heavy (non-hydrogen) atoms.